The van der Waals surface area contributed by atoms with Crippen molar-refractivity contribution in [3.05, 3.63) is 70.6 Å². The van der Waals surface area contributed by atoms with Crippen molar-refractivity contribution >= 4 is 22.6 Å². The molecule has 2 N–H and O–H groups in total. The summed E-state index contributed by atoms with van der Waals surface area (Å²) in [5.41, 5.74) is 1.47. The van der Waals surface area contributed by atoms with Gasteiger partial charge in [-0.25, -0.2) is 4.79 Å². The highest BCUT2D eigenvalue weighted by Gasteiger charge is 2.28. The van der Waals surface area contributed by atoms with Crippen LogP contribution in [0.15, 0.2) is 59.4 Å². The van der Waals surface area contributed by atoms with E-state index < -0.39 is 12.1 Å². The smallest absolute Gasteiger partial charge is 0.350 e. The first-order chi connectivity index (χ1) is 21.5. The van der Waals surface area contributed by atoms with E-state index in [-0.39, 0.29) is 18.2 Å². The number of benzene rings is 2. The van der Waals surface area contributed by atoms with E-state index >= 15 is 0 Å². The first kappa shape index (κ1) is 31.6. The minimum Gasteiger partial charge on any atom is -0.374 e. The first-order valence-electron chi connectivity index (χ1n) is 16.0. The van der Waals surface area contributed by atoms with Crippen molar-refractivity contribution in [2.45, 2.75) is 63.8 Å². The third-order valence-electron chi connectivity index (χ3n) is 8.91. The first-order valence-corrected chi connectivity index (χ1v) is 16.0. The van der Waals surface area contributed by atoms with Crippen LogP contribution in [0.3, 0.4) is 0 Å². The Bertz CT molecular complexity index is 1460. The number of hydrogen-bond acceptors (Lipinski definition) is 8. The van der Waals surface area contributed by atoms with Crippen LogP contribution in [0.1, 0.15) is 44.1 Å². The predicted molar refractivity (Wildman–Crippen MR) is 172 cm³/mol. The molecule has 44 heavy (non-hydrogen) atoms. The van der Waals surface area contributed by atoms with Crippen molar-refractivity contribution in [3.8, 4) is 6.07 Å². The number of anilines is 1. The van der Waals surface area contributed by atoms with Gasteiger partial charge in [-0.15, -0.1) is 0 Å². The Morgan fingerprint density at radius 3 is 2.50 bits per heavy atom. The lowest BCUT2D eigenvalue weighted by atomic mass is 9.84. The van der Waals surface area contributed by atoms with Gasteiger partial charge in [0.15, 0.2) is 0 Å². The summed E-state index contributed by atoms with van der Waals surface area (Å²) >= 11 is 0. The molecule has 1 aliphatic heterocycles. The fraction of sp³-hybridized carbons (Fsp3) is 0.529. The maximum absolute atomic E-state index is 13.7. The van der Waals surface area contributed by atoms with E-state index in [4.69, 9.17) is 4.74 Å². The zero-order chi connectivity index (χ0) is 30.7. The van der Waals surface area contributed by atoms with Crippen LogP contribution >= 0.6 is 0 Å². The van der Waals surface area contributed by atoms with Gasteiger partial charge in [0.2, 0.25) is 5.91 Å². The molecule has 10 nitrogen and oxygen atoms in total. The van der Waals surface area contributed by atoms with Crippen LogP contribution in [0, 0.1) is 17.2 Å². The Labute approximate surface area is 260 Å². The minimum atomic E-state index is -0.797. The van der Waals surface area contributed by atoms with E-state index in [1.807, 2.05) is 54.6 Å². The van der Waals surface area contributed by atoms with Crippen LogP contribution < -0.4 is 16.3 Å². The fourth-order valence-corrected chi connectivity index (χ4v) is 6.27. The van der Waals surface area contributed by atoms with E-state index in [1.54, 1.807) is 4.57 Å². The number of ether oxygens (including phenoxy) is 1. The van der Waals surface area contributed by atoms with Crippen LogP contribution in [-0.4, -0.2) is 83.7 Å². The number of aromatic nitrogens is 2. The van der Waals surface area contributed by atoms with E-state index in [0.29, 0.717) is 31.3 Å². The van der Waals surface area contributed by atoms with Crippen molar-refractivity contribution in [1.82, 2.24) is 24.7 Å². The molecule has 1 aliphatic carbocycles. The number of fused-ring (bicyclic) bond motifs is 1. The number of likely N-dealkylation sites (N-methyl/N-ethyl adjacent to an activating group) is 1. The number of carbonyl (C=O) groups excluding carboxylic acids is 1. The van der Waals surface area contributed by atoms with Gasteiger partial charge in [0.1, 0.15) is 17.9 Å². The lowest BCUT2D eigenvalue weighted by molar-refractivity contribution is -0.123. The molecule has 2 fully saturated rings. The number of carbonyl (C=O) groups is 1. The van der Waals surface area contributed by atoms with E-state index in [9.17, 15) is 14.9 Å². The third kappa shape index (κ3) is 8.65. The number of rotatable bonds is 13. The zero-order valence-corrected chi connectivity index (χ0v) is 25.8. The normalized spacial score (nSPS) is 18.0. The quantitative estimate of drug-likeness (QED) is 0.306. The van der Waals surface area contributed by atoms with Gasteiger partial charge in [-0.2, -0.15) is 10.2 Å². The molecule has 0 spiro atoms. The number of nitrogens with one attached hydrogen (secondary N) is 2. The summed E-state index contributed by atoms with van der Waals surface area (Å²) in [7, 11) is 2.13. The summed E-state index contributed by atoms with van der Waals surface area (Å²) in [5, 5.41) is 16.8. The number of piperazine rings is 1. The van der Waals surface area contributed by atoms with Gasteiger partial charge in [-0.3, -0.25) is 14.3 Å². The van der Waals surface area contributed by atoms with Crippen molar-refractivity contribution in [2.24, 2.45) is 5.92 Å². The SMILES string of the molecule is CN1CCN(CCn2c(=O)nc(N[C@@H](CC3CCCCC3)C(=O)N[C@H](C#N)COCc3ccccc3)c3ccccc32)CC1. The summed E-state index contributed by atoms with van der Waals surface area (Å²) in [6, 6.07) is 18.2. The number of amides is 1. The number of para-hydroxylation sites is 1. The molecule has 2 atom stereocenters. The Morgan fingerprint density at radius 1 is 1.02 bits per heavy atom. The number of nitrogens with zero attached hydrogens (tertiary/aromatic N) is 5. The summed E-state index contributed by atoms with van der Waals surface area (Å²) in [6.45, 7) is 5.78. The molecular formula is C34H45N7O3. The fourth-order valence-electron chi connectivity index (χ4n) is 6.27. The summed E-state index contributed by atoms with van der Waals surface area (Å²) in [6.07, 6.45) is 6.26. The van der Waals surface area contributed by atoms with Gasteiger partial charge in [0, 0.05) is 44.7 Å². The molecule has 1 amide bonds. The summed E-state index contributed by atoms with van der Waals surface area (Å²) < 4.78 is 7.50. The standard InChI is InChI=1S/C34H45N7O3/c1-39-16-18-40(19-17-39)20-21-41-31-15-9-8-14-29(31)32(38-34(41)43)37-30(22-26-10-4-2-5-11-26)33(42)36-28(23-35)25-44-24-27-12-6-3-7-13-27/h3,6-9,12-15,26,28,30H,2,4-5,10-11,16-22,24-25H2,1H3,(H,36,42)(H,37,38,43)/t28-,30+/m1/s1. The average Bonchev–Trinajstić information content (AvgIpc) is 3.05. The second-order valence-electron chi connectivity index (χ2n) is 12.2. The summed E-state index contributed by atoms with van der Waals surface area (Å²) in [4.78, 5) is 36.3. The molecule has 1 saturated heterocycles. The van der Waals surface area contributed by atoms with E-state index in [0.717, 1.165) is 74.9 Å². The Balaban J connectivity index is 1.31. The highest BCUT2D eigenvalue weighted by atomic mass is 16.5. The monoisotopic (exact) mass is 599 g/mol. The highest BCUT2D eigenvalue weighted by Crippen LogP contribution is 2.29. The van der Waals surface area contributed by atoms with Gasteiger partial charge in [-0.1, -0.05) is 74.6 Å². The second-order valence-corrected chi connectivity index (χ2v) is 12.2. The highest BCUT2D eigenvalue weighted by molar-refractivity contribution is 5.92. The lowest BCUT2D eigenvalue weighted by Gasteiger charge is -2.32. The molecule has 10 heteroatoms. The van der Waals surface area contributed by atoms with Crippen LogP contribution in [0.25, 0.3) is 10.9 Å². The number of nitriles is 1. The van der Waals surface area contributed by atoms with Crippen LogP contribution in [0.4, 0.5) is 5.82 Å². The molecule has 1 aromatic heterocycles. The molecule has 0 bridgehead atoms. The molecule has 0 radical (unpaired) electrons. The topological polar surface area (TPSA) is 116 Å². The Kier molecular flexibility index (Phi) is 11.4. The summed E-state index contributed by atoms with van der Waals surface area (Å²) in [5.74, 6) is 0.513. The largest absolute Gasteiger partial charge is 0.374 e. The van der Waals surface area contributed by atoms with Crippen molar-refractivity contribution in [3.63, 3.8) is 0 Å². The maximum atomic E-state index is 13.7. The second kappa shape index (κ2) is 15.8. The molecule has 3 aromatic rings. The molecule has 1 saturated carbocycles. The molecular weight excluding hydrogens is 554 g/mol. The van der Waals surface area contributed by atoms with Gasteiger partial charge in [0.05, 0.1) is 24.8 Å². The predicted octanol–water partition coefficient (Wildman–Crippen LogP) is 3.62. The lowest BCUT2D eigenvalue weighted by Crippen LogP contribution is -2.47. The molecule has 2 aliphatic rings. The molecule has 234 valence electrons. The Morgan fingerprint density at radius 2 is 1.75 bits per heavy atom. The van der Waals surface area contributed by atoms with Gasteiger partial charge in [0.25, 0.3) is 0 Å². The third-order valence-corrected chi connectivity index (χ3v) is 8.91. The Hall–Kier alpha value is -3.78. The minimum absolute atomic E-state index is 0.0812. The molecule has 2 aromatic carbocycles. The van der Waals surface area contributed by atoms with Gasteiger partial charge < -0.3 is 20.3 Å². The molecule has 5 rings (SSSR count). The van der Waals surface area contributed by atoms with Crippen LogP contribution in [0.2, 0.25) is 0 Å². The van der Waals surface area contributed by atoms with E-state index in [1.165, 1.54) is 6.42 Å². The number of hydrogen-bond donors (Lipinski definition) is 2. The van der Waals surface area contributed by atoms with Crippen molar-refractivity contribution in [2.75, 3.05) is 51.7 Å². The average molecular weight is 600 g/mol. The van der Waals surface area contributed by atoms with Gasteiger partial charge in [-0.05, 0) is 37.1 Å². The van der Waals surface area contributed by atoms with Crippen LogP contribution in [0.5, 0.6) is 0 Å². The van der Waals surface area contributed by atoms with Gasteiger partial charge >= 0.3 is 5.69 Å². The molecule has 0 unspecified atom stereocenters. The van der Waals surface area contributed by atoms with E-state index in [2.05, 4.69) is 38.5 Å². The molecule has 2 heterocycles. The zero-order valence-electron chi connectivity index (χ0n) is 25.8. The van der Waals surface area contributed by atoms with Crippen molar-refractivity contribution < 1.29 is 9.53 Å². The van der Waals surface area contributed by atoms with Crippen molar-refractivity contribution in [1.29, 1.82) is 5.26 Å². The maximum Gasteiger partial charge on any atom is 0.350 e. The van der Waals surface area contributed by atoms with Crippen LogP contribution in [-0.2, 0) is 22.7 Å².